The first kappa shape index (κ1) is 17.4. The van der Waals surface area contributed by atoms with E-state index in [2.05, 4.69) is 10.6 Å². The van der Waals surface area contributed by atoms with E-state index in [1.807, 2.05) is 6.92 Å². The van der Waals surface area contributed by atoms with Crippen molar-refractivity contribution < 1.29 is 19.0 Å². The van der Waals surface area contributed by atoms with Gasteiger partial charge < -0.3 is 20.5 Å². The van der Waals surface area contributed by atoms with E-state index in [0.717, 1.165) is 12.0 Å². The number of aliphatic hydroxyl groups is 1. The Morgan fingerprint density at radius 2 is 2.24 bits per heavy atom. The number of halogens is 1. The molecule has 6 heteroatoms. The van der Waals surface area contributed by atoms with E-state index in [1.165, 1.54) is 13.2 Å². The van der Waals surface area contributed by atoms with Gasteiger partial charge in [-0.3, -0.25) is 0 Å². The van der Waals surface area contributed by atoms with Crippen molar-refractivity contribution in [1.82, 2.24) is 10.6 Å². The minimum absolute atomic E-state index is 0.00517. The molecule has 1 unspecified atom stereocenters. The van der Waals surface area contributed by atoms with Crippen LogP contribution in [0.4, 0.5) is 9.18 Å². The van der Waals surface area contributed by atoms with Crippen molar-refractivity contribution in [1.29, 1.82) is 0 Å². The van der Waals surface area contributed by atoms with E-state index >= 15 is 0 Å². The maximum atomic E-state index is 13.4. The molecule has 1 atom stereocenters. The molecule has 0 aliphatic heterocycles. The number of nitrogens with one attached hydrogen (secondary N) is 2. The largest absolute Gasteiger partial charge is 0.396 e. The van der Waals surface area contributed by atoms with Crippen LogP contribution in [-0.4, -0.2) is 30.9 Å². The number of amides is 2. The molecule has 5 nitrogen and oxygen atoms in total. The highest BCUT2D eigenvalue weighted by molar-refractivity contribution is 5.74. The standard InChI is InChI=1S/C15H23FN2O3/c1-11(4-3-7-19)18-15(20)17-9-12-5-6-14(16)13(8-12)10-21-2/h5-6,8,11,19H,3-4,7,9-10H2,1-2H3,(H2,17,18,20). The van der Waals surface area contributed by atoms with Crippen molar-refractivity contribution in [3.8, 4) is 0 Å². The Morgan fingerprint density at radius 1 is 1.48 bits per heavy atom. The second kappa shape index (κ2) is 9.31. The van der Waals surface area contributed by atoms with Crippen LogP contribution < -0.4 is 10.6 Å². The van der Waals surface area contributed by atoms with E-state index in [0.29, 0.717) is 18.5 Å². The van der Waals surface area contributed by atoms with Gasteiger partial charge in [-0.15, -0.1) is 0 Å². The first-order valence-electron chi connectivity index (χ1n) is 6.98. The number of carbonyl (C=O) groups excluding carboxylic acids is 1. The molecule has 1 rings (SSSR count). The number of carbonyl (C=O) groups is 1. The van der Waals surface area contributed by atoms with Gasteiger partial charge in [-0.1, -0.05) is 6.07 Å². The van der Waals surface area contributed by atoms with Gasteiger partial charge in [-0.2, -0.15) is 0 Å². The second-order valence-corrected chi connectivity index (χ2v) is 4.95. The van der Waals surface area contributed by atoms with Gasteiger partial charge in [0, 0.05) is 31.9 Å². The van der Waals surface area contributed by atoms with E-state index in [9.17, 15) is 9.18 Å². The molecule has 0 aliphatic rings. The summed E-state index contributed by atoms with van der Waals surface area (Å²) in [5, 5.41) is 14.2. The lowest BCUT2D eigenvalue weighted by Crippen LogP contribution is -2.40. The Hall–Kier alpha value is -1.66. The Balaban J connectivity index is 2.44. The van der Waals surface area contributed by atoms with Crippen molar-refractivity contribution in [3.05, 3.63) is 35.1 Å². The molecule has 118 valence electrons. The van der Waals surface area contributed by atoms with E-state index in [1.54, 1.807) is 12.1 Å². The molecule has 0 fully saturated rings. The molecule has 0 aliphatic carbocycles. The van der Waals surface area contributed by atoms with Crippen LogP contribution in [-0.2, 0) is 17.9 Å². The Kier molecular flexibility index (Phi) is 7.71. The minimum atomic E-state index is -0.317. The van der Waals surface area contributed by atoms with Crippen LogP contribution in [0.5, 0.6) is 0 Å². The highest BCUT2D eigenvalue weighted by Crippen LogP contribution is 2.11. The van der Waals surface area contributed by atoms with Gasteiger partial charge in [0.05, 0.1) is 6.61 Å². The second-order valence-electron chi connectivity index (χ2n) is 4.95. The summed E-state index contributed by atoms with van der Waals surface area (Å²) in [6.45, 7) is 2.51. The first-order chi connectivity index (χ1) is 10.1. The van der Waals surface area contributed by atoms with Crippen LogP contribution in [0.25, 0.3) is 0 Å². The van der Waals surface area contributed by atoms with Crippen molar-refractivity contribution in [3.63, 3.8) is 0 Å². The van der Waals surface area contributed by atoms with Gasteiger partial charge in [0.2, 0.25) is 0 Å². The topological polar surface area (TPSA) is 70.6 Å². The number of benzene rings is 1. The van der Waals surface area contributed by atoms with Crippen LogP contribution >= 0.6 is 0 Å². The molecule has 21 heavy (non-hydrogen) atoms. The zero-order chi connectivity index (χ0) is 15.7. The maximum absolute atomic E-state index is 13.4. The molecule has 0 saturated heterocycles. The van der Waals surface area contributed by atoms with Crippen LogP contribution in [0, 0.1) is 5.82 Å². The summed E-state index contributed by atoms with van der Waals surface area (Å²) in [7, 11) is 1.51. The molecule has 3 N–H and O–H groups in total. The smallest absolute Gasteiger partial charge is 0.315 e. The van der Waals surface area contributed by atoms with Gasteiger partial charge in [-0.25, -0.2) is 9.18 Å². The number of methoxy groups -OCH3 is 1. The summed E-state index contributed by atoms with van der Waals surface area (Å²) in [4.78, 5) is 11.7. The monoisotopic (exact) mass is 298 g/mol. The number of aliphatic hydroxyl groups excluding tert-OH is 1. The Morgan fingerprint density at radius 3 is 2.90 bits per heavy atom. The number of hydrogen-bond donors (Lipinski definition) is 3. The molecule has 0 bridgehead atoms. The number of rotatable bonds is 8. The summed E-state index contributed by atoms with van der Waals surface area (Å²) in [5.41, 5.74) is 1.27. The molecular formula is C15H23FN2O3. The summed E-state index contributed by atoms with van der Waals surface area (Å²) >= 11 is 0. The van der Waals surface area contributed by atoms with Crippen molar-refractivity contribution >= 4 is 6.03 Å². The van der Waals surface area contributed by atoms with Gasteiger partial charge in [-0.05, 0) is 37.5 Å². The highest BCUT2D eigenvalue weighted by Gasteiger charge is 2.08. The minimum Gasteiger partial charge on any atom is -0.396 e. The zero-order valence-electron chi connectivity index (χ0n) is 12.5. The van der Waals surface area contributed by atoms with Crippen molar-refractivity contribution in [2.45, 2.75) is 39.0 Å². The highest BCUT2D eigenvalue weighted by atomic mass is 19.1. The molecular weight excluding hydrogens is 275 g/mol. The molecule has 0 saturated carbocycles. The lowest BCUT2D eigenvalue weighted by molar-refractivity contribution is 0.181. The zero-order valence-corrected chi connectivity index (χ0v) is 12.5. The molecule has 2 amide bonds. The fraction of sp³-hybridized carbons (Fsp3) is 0.533. The van der Waals surface area contributed by atoms with E-state index < -0.39 is 0 Å². The Bertz CT molecular complexity index is 455. The van der Waals surface area contributed by atoms with Crippen LogP contribution in [0.15, 0.2) is 18.2 Å². The van der Waals surface area contributed by atoms with Gasteiger partial charge in [0.1, 0.15) is 5.82 Å². The van der Waals surface area contributed by atoms with Crippen LogP contribution in [0.2, 0.25) is 0 Å². The van der Waals surface area contributed by atoms with Crippen molar-refractivity contribution in [2.24, 2.45) is 0 Å². The fourth-order valence-corrected chi connectivity index (χ4v) is 1.93. The normalized spacial score (nSPS) is 12.0. The number of hydrogen-bond acceptors (Lipinski definition) is 3. The molecule has 1 aromatic carbocycles. The maximum Gasteiger partial charge on any atom is 0.315 e. The summed E-state index contributed by atoms with van der Waals surface area (Å²) in [6.07, 6.45) is 1.37. The summed E-state index contributed by atoms with van der Waals surface area (Å²) in [5.74, 6) is -0.317. The van der Waals surface area contributed by atoms with E-state index in [-0.39, 0.29) is 31.1 Å². The number of ether oxygens (including phenoxy) is 1. The molecule has 0 radical (unpaired) electrons. The molecule has 1 aromatic rings. The Labute approximate surface area is 124 Å². The summed E-state index contributed by atoms with van der Waals surface area (Å²) in [6, 6.07) is 4.39. The van der Waals surface area contributed by atoms with Crippen molar-refractivity contribution in [2.75, 3.05) is 13.7 Å². The average molecular weight is 298 g/mol. The van der Waals surface area contributed by atoms with Gasteiger partial charge >= 0.3 is 6.03 Å². The van der Waals surface area contributed by atoms with Gasteiger partial charge in [0.15, 0.2) is 0 Å². The van der Waals surface area contributed by atoms with Crippen LogP contribution in [0.1, 0.15) is 30.9 Å². The molecule has 0 spiro atoms. The molecule has 0 heterocycles. The third-order valence-corrected chi connectivity index (χ3v) is 3.04. The SMILES string of the molecule is COCc1cc(CNC(=O)NC(C)CCCO)ccc1F. The lowest BCUT2D eigenvalue weighted by atomic mass is 10.1. The predicted octanol–water partition coefficient (Wildman–Crippen LogP) is 1.93. The predicted molar refractivity (Wildman–Crippen MR) is 78.3 cm³/mol. The lowest BCUT2D eigenvalue weighted by Gasteiger charge is -2.14. The average Bonchev–Trinajstić information content (AvgIpc) is 2.46. The quantitative estimate of drug-likeness (QED) is 0.687. The molecule has 0 aromatic heterocycles. The fourth-order valence-electron chi connectivity index (χ4n) is 1.93. The first-order valence-corrected chi connectivity index (χ1v) is 6.98. The van der Waals surface area contributed by atoms with E-state index in [4.69, 9.17) is 9.84 Å². The third-order valence-electron chi connectivity index (χ3n) is 3.04. The number of urea groups is 1. The third kappa shape index (κ3) is 6.55. The summed E-state index contributed by atoms with van der Waals surface area (Å²) < 4.78 is 18.4. The van der Waals surface area contributed by atoms with Gasteiger partial charge in [0.25, 0.3) is 0 Å². The van der Waals surface area contributed by atoms with Crippen LogP contribution in [0.3, 0.4) is 0 Å².